The normalized spacial score (nSPS) is 9.67. The molecule has 0 bridgehead atoms. The number of carboxylic acids is 1. The molecule has 0 aliphatic rings. The van der Waals surface area contributed by atoms with Gasteiger partial charge in [-0.05, 0) is 6.08 Å². The van der Waals surface area contributed by atoms with Gasteiger partial charge in [0, 0.05) is 0 Å². The van der Waals surface area contributed by atoms with Crippen LogP contribution in [0.15, 0.2) is 36.9 Å². The summed E-state index contributed by atoms with van der Waals surface area (Å²) >= 11 is 0. The van der Waals surface area contributed by atoms with E-state index in [0.29, 0.717) is 0 Å². The Morgan fingerprint density at radius 2 is 2.07 bits per heavy atom. The fraction of sp³-hybridized carbons (Fsp3) is 0.364. The Balaban J connectivity index is 0. The van der Waals surface area contributed by atoms with Gasteiger partial charge in [-0.15, -0.1) is 0 Å². The van der Waals surface area contributed by atoms with E-state index in [2.05, 4.69) is 13.2 Å². The van der Waals surface area contributed by atoms with Gasteiger partial charge in [-0.3, -0.25) is 4.79 Å². The number of halogens is 1. The highest BCUT2D eigenvalue weighted by atomic mass is 19.1. The predicted molar refractivity (Wildman–Crippen MR) is 58.1 cm³/mol. The molecule has 0 saturated heterocycles. The summed E-state index contributed by atoms with van der Waals surface area (Å²) in [5.41, 5.74) is 0. The monoisotopic (exact) mass is 216 g/mol. The largest absolute Gasteiger partial charge is 0.490 e. The first-order valence-electron chi connectivity index (χ1n) is 4.60. The number of allylic oxidation sites excluding steroid dienone is 3. The molecule has 15 heavy (non-hydrogen) atoms. The fourth-order valence-corrected chi connectivity index (χ4v) is 0.572. The summed E-state index contributed by atoms with van der Waals surface area (Å²) in [5.74, 6) is -1.83. The molecule has 0 aromatic heterocycles. The summed E-state index contributed by atoms with van der Waals surface area (Å²) in [7, 11) is 0. The van der Waals surface area contributed by atoms with E-state index in [0.717, 1.165) is 0 Å². The molecule has 0 aliphatic carbocycles. The van der Waals surface area contributed by atoms with Crippen LogP contribution in [0.3, 0.4) is 0 Å². The van der Waals surface area contributed by atoms with E-state index in [1.54, 1.807) is 0 Å². The Morgan fingerprint density at radius 3 is 2.40 bits per heavy atom. The third kappa shape index (κ3) is 10.3. The van der Waals surface area contributed by atoms with Crippen LogP contribution in [0.4, 0.5) is 4.39 Å². The third-order valence-electron chi connectivity index (χ3n) is 1.11. The van der Waals surface area contributed by atoms with Crippen molar-refractivity contribution in [3.8, 4) is 0 Å². The Labute approximate surface area is 89.6 Å². The second-order valence-electron chi connectivity index (χ2n) is 2.16. The molecule has 0 radical (unpaired) electrons. The minimum Gasteiger partial charge on any atom is -0.490 e. The van der Waals surface area contributed by atoms with Gasteiger partial charge in [0.2, 0.25) is 0 Å². The number of hydrogen-bond donors (Lipinski definition) is 1. The molecule has 1 N–H and O–H groups in total. The highest BCUT2D eigenvalue weighted by Crippen LogP contribution is 2.10. The molecule has 0 amide bonds. The third-order valence-corrected chi connectivity index (χ3v) is 1.11. The average Bonchev–Trinajstić information content (AvgIpc) is 2.19. The van der Waals surface area contributed by atoms with E-state index in [4.69, 9.17) is 9.84 Å². The van der Waals surface area contributed by atoms with Gasteiger partial charge < -0.3 is 9.84 Å². The molecule has 3 nitrogen and oxygen atoms in total. The molecule has 0 spiro atoms. The first-order valence-corrected chi connectivity index (χ1v) is 4.60. The minimum atomic E-state index is -0.998. The van der Waals surface area contributed by atoms with Crippen molar-refractivity contribution in [2.45, 2.75) is 20.3 Å². The number of carboxylic acid groups (broad SMARTS) is 1. The number of aliphatic carboxylic acids is 1. The molecule has 0 aromatic carbocycles. The van der Waals surface area contributed by atoms with Crippen LogP contribution in [-0.4, -0.2) is 17.7 Å². The van der Waals surface area contributed by atoms with Gasteiger partial charge in [0.25, 0.3) is 0 Å². The van der Waals surface area contributed by atoms with Crippen LogP contribution >= 0.6 is 0 Å². The van der Waals surface area contributed by atoms with E-state index in [1.165, 1.54) is 12.2 Å². The zero-order chi connectivity index (χ0) is 12.3. The molecule has 4 heteroatoms. The van der Waals surface area contributed by atoms with E-state index in [-0.39, 0.29) is 18.8 Å². The zero-order valence-corrected chi connectivity index (χ0v) is 9.12. The summed E-state index contributed by atoms with van der Waals surface area (Å²) in [6.45, 7) is 10.3. The van der Waals surface area contributed by atoms with E-state index >= 15 is 0 Å². The van der Waals surface area contributed by atoms with Crippen molar-refractivity contribution in [3.63, 3.8) is 0 Å². The smallest absolute Gasteiger partial charge is 0.306 e. The Morgan fingerprint density at radius 1 is 1.53 bits per heavy atom. The number of carbonyl (C=O) groups is 1. The lowest BCUT2D eigenvalue weighted by atomic mass is 10.4. The molecule has 0 aliphatic heterocycles. The molecular formula is C11H17FO3. The maximum atomic E-state index is 12.5. The minimum absolute atomic E-state index is 0.0854. The van der Waals surface area contributed by atoms with Crippen LogP contribution < -0.4 is 0 Å². The van der Waals surface area contributed by atoms with Crippen LogP contribution in [0.25, 0.3) is 0 Å². The molecule has 86 valence electrons. The highest BCUT2D eigenvalue weighted by molar-refractivity contribution is 5.66. The van der Waals surface area contributed by atoms with Crippen LogP contribution in [0.1, 0.15) is 20.3 Å². The summed E-state index contributed by atoms with van der Waals surface area (Å²) in [6, 6.07) is 0. The van der Waals surface area contributed by atoms with Crippen molar-refractivity contribution in [1.82, 2.24) is 0 Å². The van der Waals surface area contributed by atoms with E-state index in [9.17, 15) is 9.18 Å². The van der Waals surface area contributed by atoms with Crippen molar-refractivity contribution < 1.29 is 19.0 Å². The molecule has 0 rings (SSSR count). The molecule has 0 unspecified atom stereocenters. The van der Waals surface area contributed by atoms with Crippen LogP contribution in [-0.2, 0) is 9.53 Å². The average molecular weight is 216 g/mol. The van der Waals surface area contributed by atoms with Crippen molar-refractivity contribution in [1.29, 1.82) is 0 Å². The maximum absolute atomic E-state index is 12.5. The van der Waals surface area contributed by atoms with E-state index in [1.807, 2.05) is 13.8 Å². The Hall–Kier alpha value is -1.58. The zero-order valence-electron chi connectivity index (χ0n) is 9.12. The topological polar surface area (TPSA) is 46.5 Å². The van der Waals surface area contributed by atoms with E-state index < -0.39 is 11.8 Å². The van der Waals surface area contributed by atoms with Crippen molar-refractivity contribution in [2.75, 3.05) is 6.61 Å². The van der Waals surface area contributed by atoms with Crippen LogP contribution in [0.2, 0.25) is 0 Å². The highest BCUT2D eigenvalue weighted by Gasteiger charge is 2.03. The summed E-state index contributed by atoms with van der Waals surface area (Å²) in [5, 5.41) is 8.26. The van der Waals surface area contributed by atoms with Gasteiger partial charge in [-0.2, -0.15) is 0 Å². The molecular weight excluding hydrogens is 199 g/mol. The van der Waals surface area contributed by atoms with Gasteiger partial charge in [-0.1, -0.05) is 33.1 Å². The Bertz CT molecular complexity index is 244. The first kappa shape index (κ1) is 15.9. The van der Waals surface area contributed by atoms with Gasteiger partial charge in [0.05, 0.1) is 13.0 Å². The second-order valence-corrected chi connectivity index (χ2v) is 2.16. The summed E-state index contributed by atoms with van der Waals surface area (Å²) < 4.78 is 17.3. The van der Waals surface area contributed by atoms with Crippen molar-refractivity contribution in [2.24, 2.45) is 0 Å². The number of rotatable bonds is 6. The Kier molecular flexibility index (Phi) is 11.1. The van der Waals surface area contributed by atoms with Crippen LogP contribution in [0, 0.1) is 0 Å². The van der Waals surface area contributed by atoms with Crippen LogP contribution in [0.5, 0.6) is 0 Å². The van der Waals surface area contributed by atoms with Gasteiger partial charge in [-0.25, -0.2) is 4.39 Å². The molecule has 0 atom stereocenters. The second kappa shape index (κ2) is 10.5. The van der Waals surface area contributed by atoms with Gasteiger partial charge >= 0.3 is 5.97 Å². The standard InChI is InChI=1S/C9H11FO3.C2H6/c1-3-4-8(7(2)10)13-6-5-9(11)12;1-2/h3-4H,1-2,5-6H2,(H,11,12);1-2H3/b8-4+;. The van der Waals surface area contributed by atoms with Crippen molar-refractivity contribution >= 4 is 5.97 Å². The first-order chi connectivity index (χ1) is 7.07. The van der Waals surface area contributed by atoms with Crippen molar-refractivity contribution in [3.05, 3.63) is 36.9 Å². The lowest BCUT2D eigenvalue weighted by Gasteiger charge is -2.05. The molecule has 0 saturated carbocycles. The summed E-state index contributed by atoms with van der Waals surface area (Å²) in [6.07, 6.45) is 2.44. The maximum Gasteiger partial charge on any atom is 0.306 e. The molecule has 0 aromatic rings. The van der Waals surface area contributed by atoms with Gasteiger partial charge in [0.15, 0.2) is 11.6 Å². The SMILES string of the molecule is C=C/C=C(/OCCC(=O)O)C(=C)F.CC. The lowest BCUT2D eigenvalue weighted by Crippen LogP contribution is -2.02. The summed E-state index contributed by atoms with van der Waals surface area (Å²) in [4.78, 5) is 10.1. The fourth-order valence-electron chi connectivity index (χ4n) is 0.572. The van der Waals surface area contributed by atoms with Gasteiger partial charge in [0.1, 0.15) is 0 Å². The molecule has 0 heterocycles. The number of hydrogen-bond acceptors (Lipinski definition) is 2. The lowest BCUT2D eigenvalue weighted by molar-refractivity contribution is -0.137. The number of ether oxygens (including phenoxy) is 1. The quantitative estimate of drug-likeness (QED) is 0.548. The molecule has 0 fully saturated rings. The predicted octanol–water partition coefficient (Wildman–Crippen LogP) is 3.06.